The van der Waals surface area contributed by atoms with Crippen molar-refractivity contribution in [3.05, 3.63) is 71.1 Å². The Morgan fingerprint density at radius 3 is 2.82 bits per heavy atom. The van der Waals surface area contributed by atoms with Gasteiger partial charge < -0.3 is 15.4 Å². The molecule has 3 aromatic heterocycles. The Kier molecular flexibility index (Phi) is 6.40. The predicted octanol–water partition coefficient (Wildman–Crippen LogP) is 4.91. The molecule has 4 heterocycles. The number of aliphatic hydroxyl groups excluding tert-OH is 1. The molecule has 1 saturated heterocycles. The van der Waals surface area contributed by atoms with Gasteiger partial charge in [-0.1, -0.05) is 30.2 Å². The van der Waals surface area contributed by atoms with Gasteiger partial charge in [0.25, 0.3) is 0 Å². The van der Waals surface area contributed by atoms with Crippen molar-refractivity contribution in [2.45, 2.75) is 31.5 Å². The van der Waals surface area contributed by atoms with Crippen LogP contribution in [0.4, 0.5) is 14.6 Å². The summed E-state index contributed by atoms with van der Waals surface area (Å²) in [6.45, 7) is 1.07. The van der Waals surface area contributed by atoms with Crippen LogP contribution >= 0.6 is 11.6 Å². The minimum atomic E-state index is -0.873. The maximum atomic E-state index is 14.6. The fourth-order valence-electron chi connectivity index (χ4n) is 4.39. The molecule has 0 saturated carbocycles. The standard InChI is InChI=1S/C24H23ClF2N6O/c25-15-9-18-19(12-30-21(18)28-10-15)22-31-13-20(27)23(32-22)29-11-17-3-1-2-8-33(17)24(34)14-4-6-16(26)7-5-14/h4-7,9-10,12-13,17,24,34H,1-3,8,11H2,(H,28,30)(H,29,31,32)/t17-,24?/m1/s1. The largest absolute Gasteiger partial charge is 0.374 e. The Balaban J connectivity index is 1.35. The molecule has 0 aliphatic carbocycles. The summed E-state index contributed by atoms with van der Waals surface area (Å²) in [5, 5.41) is 15.2. The zero-order valence-corrected chi connectivity index (χ0v) is 18.9. The van der Waals surface area contributed by atoms with E-state index in [0.717, 1.165) is 30.8 Å². The Hall–Kier alpha value is -3.14. The highest BCUT2D eigenvalue weighted by molar-refractivity contribution is 6.31. The number of nitrogens with one attached hydrogen (secondary N) is 2. The van der Waals surface area contributed by atoms with Gasteiger partial charge in [-0.15, -0.1) is 0 Å². The number of benzene rings is 1. The van der Waals surface area contributed by atoms with Crippen molar-refractivity contribution < 1.29 is 13.9 Å². The monoisotopic (exact) mass is 484 g/mol. The van der Waals surface area contributed by atoms with Crippen molar-refractivity contribution >= 4 is 28.5 Å². The number of aliphatic hydroxyl groups is 1. The predicted molar refractivity (Wildman–Crippen MR) is 126 cm³/mol. The summed E-state index contributed by atoms with van der Waals surface area (Å²) >= 11 is 6.09. The SMILES string of the molecule is OC(c1ccc(F)cc1)N1CCCC[C@@H]1CNc1nc(-c2c[nH]c3ncc(Cl)cc23)ncc1F. The first-order chi connectivity index (χ1) is 16.5. The highest BCUT2D eigenvalue weighted by Crippen LogP contribution is 2.30. The number of halogens is 3. The third-order valence-corrected chi connectivity index (χ3v) is 6.35. The fraction of sp³-hybridized carbons (Fsp3) is 0.292. The first kappa shape index (κ1) is 22.6. The summed E-state index contributed by atoms with van der Waals surface area (Å²) in [4.78, 5) is 17.8. The Morgan fingerprint density at radius 2 is 2.00 bits per heavy atom. The van der Waals surface area contributed by atoms with Crippen LogP contribution in [0, 0.1) is 11.6 Å². The van der Waals surface area contributed by atoms with E-state index in [-0.39, 0.29) is 17.7 Å². The second kappa shape index (κ2) is 9.61. The molecule has 1 aromatic carbocycles. The first-order valence-corrected chi connectivity index (χ1v) is 11.5. The highest BCUT2D eigenvalue weighted by atomic mass is 35.5. The van der Waals surface area contributed by atoms with Gasteiger partial charge in [-0.25, -0.2) is 23.7 Å². The van der Waals surface area contributed by atoms with E-state index in [0.29, 0.717) is 40.7 Å². The molecule has 1 unspecified atom stereocenters. The molecular weight excluding hydrogens is 462 g/mol. The lowest BCUT2D eigenvalue weighted by atomic mass is 10.00. The van der Waals surface area contributed by atoms with Gasteiger partial charge in [-0.2, -0.15) is 0 Å². The lowest BCUT2D eigenvalue weighted by molar-refractivity contribution is -0.0394. The third kappa shape index (κ3) is 4.59. The van der Waals surface area contributed by atoms with Gasteiger partial charge in [0.2, 0.25) is 0 Å². The number of fused-ring (bicyclic) bond motifs is 1. The van der Waals surface area contributed by atoms with E-state index >= 15 is 0 Å². The van der Waals surface area contributed by atoms with Crippen LogP contribution in [-0.4, -0.2) is 49.1 Å². The van der Waals surface area contributed by atoms with Crippen LogP contribution in [0.1, 0.15) is 31.1 Å². The molecule has 0 amide bonds. The average Bonchev–Trinajstić information content (AvgIpc) is 3.27. The number of hydrogen-bond acceptors (Lipinski definition) is 6. The minimum Gasteiger partial charge on any atom is -0.374 e. The summed E-state index contributed by atoms with van der Waals surface area (Å²) in [7, 11) is 0. The van der Waals surface area contributed by atoms with Crippen LogP contribution in [0.2, 0.25) is 5.02 Å². The number of rotatable bonds is 6. The summed E-state index contributed by atoms with van der Waals surface area (Å²) in [5.41, 5.74) is 1.92. The molecular formula is C24H23ClF2N6O. The van der Waals surface area contributed by atoms with Crippen molar-refractivity contribution in [2.24, 2.45) is 0 Å². The number of piperidine rings is 1. The van der Waals surface area contributed by atoms with E-state index in [1.807, 2.05) is 4.90 Å². The van der Waals surface area contributed by atoms with Gasteiger partial charge in [-0.3, -0.25) is 4.90 Å². The summed E-state index contributed by atoms with van der Waals surface area (Å²) < 4.78 is 27.9. The minimum absolute atomic E-state index is 0.0530. The second-order valence-corrected chi connectivity index (χ2v) is 8.77. The topological polar surface area (TPSA) is 90.0 Å². The number of hydrogen-bond donors (Lipinski definition) is 3. The molecule has 4 aromatic rings. The maximum absolute atomic E-state index is 14.6. The summed E-state index contributed by atoms with van der Waals surface area (Å²) in [6, 6.07) is 7.53. The van der Waals surface area contributed by atoms with Crippen LogP contribution in [-0.2, 0) is 0 Å². The number of aromatic amines is 1. The fourth-order valence-corrected chi connectivity index (χ4v) is 4.55. The van der Waals surface area contributed by atoms with Gasteiger partial charge in [0.05, 0.1) is 11.2 Å². The quantitative estimate of drug-likeness (QED) is 0.360. The maximum Gasteiger partial charge on any atom is 0.183 e. The zero-order valence-electron chi connectivity index (χ0n) is 18.2. The summed E-state index contributed by atoms with van der Waals surface area (Å²) in [5.74, 6) is -0.500. The molecule has 176 valence electrons. The Morgan fingerprint density at radius 1 is 1.18 bits per heavy atom. The van der Waals surface area contributed by atoms with Crippen LogP contribution in [0.5, 0.6) is 0 Å². The van der Waals surface area contributed by atoms with E-state index in [1.165, 1.54) is 12.1 Å². The molecule has 1 aliphatic heterocycles. The van der Waals surface area contributed by atoms with Gasteiger partial charge in [0.1, 0.15) is 17.7 Å². The average molecular weight is 485 g/mol. The lowest BCUT2D eigenvalue weighted by Crippen LogP contribution is -2.45. The normalized spacial score (nSPS) is 17.7. The second-order valence-electron chi connectivity index (χ2n) is 8.34. The highest BCUT2D eigenvalue weighted by Gasteiger charge is 2.29. The van der Waals surface area contributed by atoms with E-state index < -0.39 is 12.0 Å². The lowest BCUT2D eigenvalue weighted by Gasteiger charge is -2.39. The molecule has 0 bridgehead atoms. The van der Waals surface area contributed by atoms with Crippen molar-refractivity contribution in [1.29, 1.82) is 0 Å². The van der Waals surface area contributed by atoms with Gasteiger partial charge in [0.15, 0.2) is 17.5 Å². The van der Waals surface area contributed by atoms with E-state index in [2.05, 4.69) is 25.3 Å². The number of anilines is 1. The van der Waals surface area contributed by atoms with E-state index in [1.54, 1.807) is 30.6 Å². The summed E-state index contributed by atoms with van der Waals surface area (Å²) in [6.07, 6.45) is 6.29. The molecule has 1 aliphatic rings. The zero-order chi connectivity index (χ0) is 23.7. The van der Waals surface area contributed by atoms with E-state index in [4.69, 9.17) is 11.6 Å². The van der Waals surface area contributed by atoms with E-state index in [9.17, 15) is 13.9 Å². The van der Waals surface area contributed by atoms with Crippen LogP contribution in [0.15, 0.2) is 48.9 Å². The number of likely N-dealkylation sites (tertiary alicyclic amines) is 1. The molecule has 34 heavy (non-hydrogen) atoms. The van der Waals surface area contributed by atoms with Gasteiger partial charge in [-0.05, 0) is 36.6 Å². The number of nitrogens with zero attached hydrogens (tertiary/aromatic N) is 4. The van der Waals surface area contributed by atoms with Crippen molar-refractivity contribution in [3.63, 3.8) is 0 Å². The molecule has 7 nitrogen and oxygen atoms in total. The van der Waals surface area contributed by atoms with Crippen LogP contribution in [0.25, 0.3) is 22.4 Å². The van der Waals surface area contributed by atoms with Crippen LogP contribution in [0.3, 0.4) is 0 Å². The smallest absolute Gasteiger partial charge is 0.183 e. The van der Waals surface area contributed by atoms with Gasteiger partial charge >= 0.3 is 0 Å². The third-order valence-electron chi connectivity index (χ3n) is 6.14. The number of aromatic nitrogens is 4. The molecule has 0 spiro atoms. The van der Waals surface area contributed by atoms with Crippen molar-refractivity contribution in [3.8, 4) is 11.4 Å². The molecule has 1 fully saturated rings. The van der Waals surface area contributed by atoms with Gasteiger partial charge in [0, 0.05) is 42.5 Å². The number of H-pyrrole nitrogens is 1. The molecule has 3 N–H and O–H groups in total. The Bertz CT molecular complexity index is 1300. The molecule has 10 heteroatoms. The molecule has 5 rings (SSSR count). The molecule has 2 atom stereocenters. The van der Waals surface area contributed by atoms with Crippen molar-refractivity contribution in [2.75, 3.05) is 18.4 Å². The Labute approximate surface area is 199 Å². The molecule has 0 radical (unpaired) electrons. The van der Waals surface area contributed by atoms with Crippen LogP contribution < -0.4 is 5.32 Å². The van der Waals surface area contributed by atoms with Crippen molar-refractivity contribution in [1.82, 2.24) is 24.8 Å². The first-order valence-electron chi connectivity index (χ1n) is 11.1. The number of pyridine rings is 1.